The van der Waals surface area contributed by atoms with Gasteiger partial charge in [-0.1, -0.05) is 36.4 Å². The summed E-state index contributed by atoms with van der Waals surface area (Å²) in [7, 11) is 0. The topological polar surface area (TPSA) is 77.1 Å². The van der Waals surface area contributed by atoms with Gasteiger partial charge in [-0.15, -0.1) is 0 Å². The molecule has 0 aliphatic heterocycles. The summed E-state index contributed by atoms with van der Waals surface area (Å²) in [6.07, 6.45) is 0. The third-order valence-electron chi connectivity index (χ3n) is 3.21. The van der Waals surface area contributed by atoms with Crippen molar-refractivity contribution < 1.29 is 4.79 Å². The number of benzene rings is 2. The second-order valence-corrected chi connectivity index (χ2v) is 4.60. The van der Waals surface area contributed by atoms with Crippen LogP contribution in [0.5, 0.6) is 0 Å². The minimum Gasteiger partial charge on any atom is -0.384 e. The van der Waals surface area contributed by atoms with Crippen LogP contribution in [0.15, 0.2) is 65.5 Å². The van der Waals surface area contributed by atoms with Crippen LogP contribution in [0.25, 0.3) is 10.8 Å². The molecule has 0 radical (unpaired) electrons. The van der Waals surface area contributed by atoms with E-state index in [1.165, 1.54) is 0 Å². The van der Waals surface area contributed by atoms with Gasteiger partial charge in [0, 0.05) is 10.9 Å². The fourth-order valence-corrected chi connectivity index (χ4v) is 2.15. The Morgan fingerprint density at radius 3 is 2.43 bits per heavy atom. The fraction of sp³-hybridized carbons (Fsp3) is 0. The molecular weight excluding hydrogens is 266 g/mol. The lowest BCUT2D eigenvalue weighted by Gasteiger charge is -2.12. The van der Waals surface area contributed by atoms with Crippen molar-refractivity contribution in [3.63, 3.8) is 0 Å². The van der Waals surface area contributed by atoms with Gasteiger partial charge in [-0.2, -0.15) is 0 Å². The zero-order valence-corrected chi connectivity index (χ0v) is 11.1. The van der Waals surface area contributed by atoms with Crippen LogP contribution < -0.4 is 16.7 Å². The van der Waals surface area contributed by atoms with Crippen molar-refractivity contribution >= 4 is 22.5 Å². The highest BCUT2D eigenvalue weighted by atomic mass is 16.2. The van der Waals surface area contributed by atoms with E-state index in [9.17, 15) is 9.59 Å². The van der Waals surface area contributed by atoms with Gasteiger partial charge in [-0.25, -0.2) is 4.68 Å². The van der Waals surface area contributed by atoms with E-state index < -0.39 is 0 Å². The number of pyridine rings is 1. The molecule has 0 unspecified atom stereocenters. The lowest BCUT2D eigenvalue weighted by molar-refractivity contribution is 0.101. The molecule has 0 fully saturated rings. The van der Waals surface area contributed by atoms with Crippen LogP contribution in [0.2, 0.25) is 0 Å². The summed E-state index contributed by atoms with van der Waals surface area (Å²) in [4.78, 5) is 24.5. The first-order valence-corrected chi connectivity index (χ1v) is 6.43. The molecule has 0 saturated carbocycles. The van der Waals surface area contributed by atoms with Gasteiger partial charge in [0.2, 0.25) is 0 Å². The van der Waals surface area contributed by atoms with Crippen molar-refractivity contribution in [1.82, 2.24) is 4.68 Å². The molecule has 5 heteroatoms. The number of nitrogens with one attached hydrogen (secondary N) is 1. The first-order valence-electron chi connectivity index (χ1n) is 6.43. The predicted molar refractivity (Wildman–Crippen MR) is 82.8 cm³/mol. The van der Waals surface area contributed by atoms with Gasteiger partial charge in [-0.05, 0) is 29.7 Å². The Bertz CT molecular complexity index is 870. The number of hydrogen-bond acceptors (Lipinski definition) is 3. The Balaban J connectivity index is 2.05. The molecule has 0 atom stereocenters. The number of anilines is 1. The Morgan fingerprint density at radius 1 is 1.00 bits per heavy atom. The summed E-state index contributed by atoms with van der Waals surface area (Å²) < 4.78 is 1.07. The summed E-state index contributed by atoms with van der Waals surface area (Å²) in [5.74, 6) is -0.206. The van der Waals surface area contributed by atoms with Gasteiger partial charge in [-0.3, -0.25) is 15.0 Å². The zero-order chi connectivity index (χ0) is 14.8. The molecule has 0 bridgehead atoms. The lowest BCUT2D eigenvalue weighted by atomic mass is 10.2. The zero-order valence-electron chi connectivity index (χ0n) is 11.1. The molecule has 0 aliphatic carbocycles. The van der Waals surface area contributed by atoms with E-state index in [1.807, 2.05) is 12.1 Å². The number of nitrogens with two attached hydrogens (primary N) is 1. The van der Waals surface area contributed by atoms with E-state index in [0.717, 1.165) is 10.1 Å². The highest BCUT2D eigenvalue weighted by molar-refractivity contribution is 6.00. The molecule has 2 aromatic carbocycles. The molecule has 0 spiro atoms. The first kappa shape index (κ1) is 12.9. The van der Waals surface area contributed by atoms with Gasteiger partial charge < -0.3 is 5.73 Å². The molecule has 5 nitrogen and oxygen atoms in total. The van der Waals surface area contributed by atoms with E-state index in [4.69, 9.17) is 5.73 Å². The monoisotopic (exact) mass is 279 g/mol. The van der Waals surface area contributed by atoms with Crippen molar-refractivity contribution in [2.75, 3.05) is 11.2 Å². The molecular formula is C16H13N3O2. The van der Waals surface area contributed by atoms with Crippen molar-refractivity contribution in [3.8, 4) is 0 Å². The number of carbonyl (C=O) groups is 1. The molecule has 1 aromatic heterocycles. The predicted octanol–water partition coefficient (Wildman–Crippen LogP) is 1.97. The van der Waals surface area contributed by atoms with Crippen LogP contribution >= 0.6 is 0 Å². The maximum atomic E-state index is 12.4. The second-order valence-electron chi connectivity index (χ2n) is 4.60. The normalized spacial score (nSPS) is 10.5. The molecule has 0 saturated heterocycles. The van der Waals surface area contributed by atoms with Crippen LogP contribution in [0.1, 0.15) is 10.4 Å². The minimum atomic E-state index is -0.389. The lowest BCUT2D eigenvalue weighted by Crippen LogP contribution is -2.34. The fourth-order valence-electron chi connectivity index (χ4n) is 2.15. The summed E-state index contributed by atoms with van der Waals surface area (Å²) in [5, 5.41) is 1.24. The molecule has 3 rings (SSSR count). The number of hydrogen-bond donors (Lipinski definition) is 2. The van der Waals surface area contributed by atoms with Crippen molar-refractivity contribution in [2.24, 2.45) is 0 Å². The number of carbonyl (C=O) groups excluding carboxylic acids is 1. The van der Waals surface area contributed by atoms with E-state index >= 15 is 0 Å². The van der Waals surface area contributed by atoms with Crippen molar-refractivity contribution in [3.05, 3.63) is 76.6 Å². The summed E-state index contributed by atoms with van der Waals surface area (Å²) in [6.45, 7) is 0. The summed E-state index contributed by atoms with van der Waals surface area (Å²) >= 11 is 0. The number of nitrogens with zero attached hydrogens (tertiary/aromatic N) is 1. The van der Waals surface area contributed by atoms with Gasteiger partial charge in [0.05, 0.1) is 0 Å². The van der Waals surface area contributed by atoms with E-state index in [-0.39, 0.29) is 17.3 Å². The average Bonchev–Trinajstić information content (AvgIpc) is 2.52. The standard InChI is InChI=1S/C16H13N3O2/c17-14-10-12-8-4-5-9-13(12)16(21)19(14)18-15(20)11-6-2-1-3-7-11/h1-10H,17H2,(H,18,20). The van der Waals surface area contributed by atoms with Gasteiger partial charge >= 0.3 is 0 Å². The first-order chi connectivity index (χ1) is 10.2. The third kappa shape index (κ3) is 2.36. The maximum absolute atomic E-state index is 12.4. The van der Waals surface area contributed by atoms with Crippen LogP contribution in [0, 0.1) is 0 Å². The van der Waals surface area contributed by atoms with Gasteiger partial charge in [0.15, 0.2) is 0 Å². The van der Waals surface area contributed by atoms with Crippen LogP contribution in [-0.2, 0) is 0 Å². The summed E-state index contributed by atoms with van der Waals surface area (Å²) in [5.41, 5.74) is 8.49. The van der Waals surface area contributed by atoms with Gasteiger partial charge in [0.25, 0.3) is 11.5 Å². The summed E-state index contributed by atoms with van der Waals surface area (Å²) in [6, 6.07) is 17.4. The Kier molecular flexibility index (Phi) is 3.16. The number of nitrogen functional groups attached to an aromatic ring is 1. The van der Waals surface area contributed by atoms with Crippen LogP contribution in [0.4, 0.5) is 5.82 Å². The van der Waals surface area contributed by atoms with E-state index in [0.29, 0.717) is 10.9 Å². The number of rotatable bonds is 2. The van der Waals surface area contributed by atoms with Crippen LogP contribution in [0.3, 0.4) is 0 Å². The molecule has 3 aromatic rings. The molecule has 0 aliphatic rings. The highest BCUT2D eigenvalue weighted by Crippen LogP contribution is 2.12. The average molecular weight is 279 g/mol. The van der Waals surface area contributed by atoms with Crippen molar-refractivity contribution in [1.29, 1.82) is 0 Å². The highest BCUT2D eigenvalue weighted by Gasteiger charge is 2.10. The Morgan fingerprint density at radius 2 is 1.67 bits per heavy atom. The van der Waals surface area contributed by atoms with E-state index in [1.54, 1.807) is 48.5 Å². The number of fused-ring (bicyclic) bond motifs is 1. The quantitative estimate of drug-likeness (QED) is 0.753. The number of aromatic nitrogens is 1. The van der Waals surface area contributed by atoms with Crippen LogP contribution in [-0.4, -0.2) is 10.6 Å². The Hall–Kier alpha value is -3.08. The van der Waals surface area contributed by atoms with Crippen molar-refractivity contribution in [2.45, 2.75) is 0 Å². The van der Waals surface area contributed by atoms with Gasteiger partial charge in [0.1, 0.15) is 5.82 Å². The Labute approximate surface area is 120 Å². The SMILES string of the molecule is Nc1cc2ccccc2c(=O)n1NC(=O)c1ccccc1. The maximum Gasteiger partial charge on any atom is 0.278 e. The molecule has 21 heavy (non-hydrogen) atoms. The third-order valence-corrected chi connectivity index (χ3v) is 3.21. The largest absolute Gasteiger partial charge is 0.384 e. The minimum absolute atomic E-state index is 0.183. The second kappa shape index (κ2) is 5.13. The smallest absolute Gasteiger partial charge is 0.278 e. The molecule has 104 valence electrons. The van der Waals surface area contributed by atoms with E-state index in [2.05, 4.69) is 5.43 Å². The molecule has 1 heterocycles. The molecule has 1 amide bonds. The number of amides is 1. The molecule has 3 N–H and O–H groups in total.